The van der Waals surface area contributed by atoms with Gasteiger partial charge in [-0.2, -0.15) is 0 Å². The summed E-state index contributed by atoms with van der Waals surface area (Å²) in [5.74, 6) is 0.211. The van der Waals surface area contributed by atoms with Crippen LogP contribution in [0.4, 0.5) is 0 Å². The van der Waals surface area contributed by atoms with Crippen molar-refractivity contribution in [3.05, 3.63) is 0 Å². The van der Waals surface area contributed by atoms with Gasteiger partial charge in [0.05, 0.1) is 6.61 Å². The molecule has 5 heteroatoms. The van der Waals surface area contributed by atoms with Crippen molar-refractivity contribution >= 4 is 5.91 Å². The van der Waals surface area contributed by atoms with Crippen molar-refractivity contribution in [2.75, 3.05) is 39.9 Å². The lowest BCUT2D eigenvalue weighted by atomic mass is 9.71. The van der Waals surface area contributed by atoms with Crippen LogP contribution >= 0.6 is 0 Å². The van der Waals surface area contributed by atoms with Crippen LogP contribution in [0.5, 0.6) is 0 Å². The van der Waals surface area contributed by atoms with Gasteiger partial charge < -0.3 is 20.7 Å². The minimum absolute atomic E-state index is 0.0709. The standard InChI is InChI=1S/C17H33N3O2/c1-22-12-11-20-9-5-15(6-10-20)19-16(21)13-17(14-18)7-3-2-4-8-17/h15H,2-14,18H2,1H3,(H,19,21). The van der Waals surface area contributed by atoms with Crippen molar-refractivity contribution in [1.29, 1.82) is 0 Å². The van der Waals surface area contributed by atoms with E-state index in [0.717, 1.165) is 51.9 Å². The number of amides is 1. The van der Waals surface area contributed by atoms with E-state index in [9.17, 15) is 4.79 Å². The molecule has 0 aromatic rings. The Morgan fingerprint density at radius 2 is 1.95 bits per heavy atom. The van der Waals surface area contributed by atoms with Gasteiger partial charge in [0, 0.05) is 39.2 Å². The van der Waals surface area contributed by atoms with E-state index in [4.69, 9.17) is 10.5 Å². The van der Waals surface area contributed by atoms with Gasteiger partial charge in [-0.3, -0.25) is 4.79 Å². The highest BCUT2D eigenvalue weighted by Crippen LogP contribution is 2.38. The Kier molecular flexibility index (Phi) is 7.12. The van der Waals surface area contributed by atoms with Crippen LogP contribution in [-0.2, 0) is 9.53 Å². The summed E-state index contributed by atoms with van der Waals surface area (Å²) >= 11 is 0. The molecular formula is C17H33N3O2. The van der Waals surface area contributed by atoms with Crippen molar-refractivity contribution in [1.82, 2.24) is 10.2 Å². The molecule has 2 aliphatic rings. The Hall–Kier alpha value is -0.650. The molecule has 3 N–H and O–H groups in total. The highest BCUT2D eigenvalue weighted by Gasteiger charge is 2.33. The predicted octanol–water partition coefficient (Wildman–Crippen LogP) is 1.51. The molecule has 22 heavy (non-hydrogen) atoms. The molecule has 1 heterocycles. The van der Waals surface area contributed by atoms with Gasteiger partial charge in [-0.05, 0) is 37.6 Å². The summed E-state index contributed by atoms with van der Waals surface area (Å²) in [5.41, 5.74) is 6.06. The largest absolute Gasteiger partial charge is 0.383 e. The van der Waals surface area contributed by atoms with Gasteiger partial charge in [-0.15, -0.1) is 0 Å². The topological polar surface area (TPSA) is 67.6 Å². The summed E-state index contributed by atoms with van der Waals surface area (Å²) in [7, 11) is 1.74. The molecule has 1 aliphatic heterocycles. The van der Waals surface area contributed by atoms with Gasteiger partial charge >= 0.3 is 0 Å². The Balaban J connectivity index is 1.71. The predicted molar refractivity (Wildman–Crippen MR) is 88.7 cm³/mol. The van der Waals surface area contributed by atoms with E-state index < -0.39 is 0 Å². The number of piperidine rings is 1. The van der Waals surface area contributed by atoms with E-state index in [2.05, 4.69) is 10.2 Å². The first-order chi connectivity index (χ1) is 10.7. The van der Waals surface area contributed by atoms with Gasteiger partial charge in [0.15, 0.2) is 0 Å². The number of rotatable bonds is 7. The third-order valence-electron chi connectivity index (χ3n) is 5.45. The molecule has 128 valence electrons. The molecular weight excluding hydrogens is 278 g/mol. The molecule has 1 saturated heterocycles. The number of carbonyl (C=O) groups excluding carboxylic acids is 1. The number of nitrogens with one attached hydrogen (secondary N) is 1. The number of likely N-dealkylation sites (tertiary alicyclic amines) is 1. The van der Waals surface area contributed by atoms with Gasteiger partial charge in [0.1, 0.15) is 0 Å². The van der Waals surface area contributed by atoms with Crippen LogP contribution < -0.4 is 11.1 Å². The highest BCUT2D eigenvalue weighted by atomic mass is 16.5. The number of carbonyl (C=O) groups is 1. The van der Waals surface area contributed by atoms with Crippen LogP contribution in [0.1, 0.15) is 51.4 Å². The molecule has 0 radical (unpaired) electrons. The fourth-order valence-electron chi connectivity index (χ4n) is 3.90. The fraction of sp³-hybridized carbons (Fsp3) is 0.941. The van der Waals surface area contributed by atoms with E-state index in [-0.39, 0.29) is 11.3 Å². The minimum Gasteiger partial charge on any atom is -0.383 e. The van der Waals surface area contributed by atoms with E-state index in [1.54, 1.807) is 7.11 Å². The van der Waals surface area contributed by atoms with Crippen molar-refractivity contribution in [3.8, 4) is 0 Å². The average molecular weight is 311 g/mol. The molecule has 2 fully saturated rings. The maximum absolute atomic E-state index is 12.4. The van der Waals surface area contributed by atoms with Gasteiger partial charge in [-0.1, -0.05) is 19.3 Å². The number of methoxy groups -OCH3 is 1. The lowest BCUT2D eigenvalue weighted by Gasteiger charge is -2.37. The quantitative estimate of drug-likeness (QED) is 0.748. The fourth-order valence-corrected chi connectivity index (χ4v) is 3.90. The normalized spacial score (nSPS) is 23.4. The van der Waals surface area contributed by atoms with Gasteiger partial charge in [0.25, 0.3) is 0 Å². The number of hydrogen-bond donors (Lipinski definition) is 2. The molecule has 0 spiro atoms. The third kappa shape index (κ3) is 5.21. The van der Waals surface area contributed by atoms with E-state index in [1.165, 1.54) is 19.3 Å². The zero-order valence-corrected chi connectivity index (χ0v) is 14.1. The van der Waals surface area contributed by atoms with Crippen molar-refractivity contribution in [3.63, 3.8) is 0 Å². The molecule has 1 amide bonds. The second kappa shape index (κ2) is 8.85. The molecule has 0 unspecified atom stereocenters. The zero-order chi connectivity index (χ0) is 15.8. The van der Waals surface area contributed by atoms with Crippen LogP contribution in [0.25, 0.3) is 0 Å². The first kappa shape index (κ1) is 17.7. The van der Waals surface area contributed by atoms with E-state index in [1.807, 2.05) is 0 Å². The molecule has 2 rings (SSSR count). The molecule has 1 saturated carbocycles. The Morgan fingerprint density at radius 1 is 1.27 bits per heavy atom. The second-order valence-corrected chi connectivity index (χ2v) is 7.12. The number of nitrogens with two attached hydrogens (primary N) is 1. The molecule has 0 bridgehead atoms. The van der Waals surface area contributed by atoms with Crippen molar-refractivity contribution in [2.24, 2.45) is 11.1 Å². The monoisotopic (exact) mass is 311 g/mol. The van der Waals surface area contributed by atoms with Crippen LogP contribution in [0.15, 0.2) is 0 Å². The Morgan fingerprint density at radius 3 is 2.55 bits per heavy atom. The van der Waals surface area contributed by atoms with E-state index in [0.29, 0.717) is 19.0 Å². The minimum atomic E-state index is 0.0709. The first-order valence-corrected chi connectivity index (χ1v) is 8.88. The second-order valence-electron chi connectivity index (χ2n) is 7.12. The number of nitrogens with zero attached hydrogens (tertiary/aromatic N) is 1. The maximum atomic E-state index is 12.4. The van der Waals surface area contributed by atoms with Crippen molar-refractivity contribution in [2.45, 2.75) is 57.4 Å². The summed E-state index contributed by atoms with van der Waals surface area (Å²) in [6, 6.07) is 0.338. The lowest BCUT2D eigenvalue weighted by Crippen LogP contribution is -2.47. The molecule has 0 atom stereocenters. The van der Waals surface area contributed by atoms with Crippen molar-refractivity contribution < 1.29 is 9.53 Å². The molecule has 5 nitrogen and oxygen atoms in total. The first-order valence-electron chi connectivity index (χ1n) is 8.88. The highest BCUT2D eigenvalue weighted by molar-refractivity contribution is 5.77. The Labute approximate surface area is 134 Å². The molecule has 1 aliphatic carbocycles. The van der Waals surface area contributed by atoms with Gasteiger partial charge in [0.2, 0.25) is 5.91 Å². The lowest BCUT2D eigenvalue weighted by molar-refractivity contribution is -0.124. The zero-order valence-electron chi connectivity index (χ0n) is 14.1. The van der Waals surface area contributed by atoms with Crippen LogP contribution in [-0.4, -0.2) is 56.7 Å². The van der Waals surface area contributed by atoms with Crippen LogP contribution in [0.3, 0.4) is 0 Å². The average Bonchev–Trinajstić information content (AvgIpc) is 2.55. The van der Waals surface area contributed by atoms with Crippen LogP contribution in [0.2, 0.25) is 0 Å². The van der Waals surface area contributed by atoms with E-state index >= 15 is 0 Å². The smallest absolute Gasteiger partial charge is 0.220 e. The SMILES string of the molecule is COCCN1CCC(NC(=O)CC2(CN)CCCCC2)CC1. The number of ether oxygens (including phenoxy) is 1. The third-order valence-corrected chi connectivity index (χ3v) is 5.45. The summed E-state index contributed by atoms with van der Waals surface area (Å²) < 4.78 is 5.12. The summed E-state index contributed by atoms with van der Waals surface area (Å²) in [4.78, 5) is 14.8. The summed E-state index contributed by atoms with van der Waals surface area (Å²) in [6.45, 7) is 4.53. The summed E-state index contributed by atoms with van der Waals surface area (Å²) in [6.07, 6.45) is 8.69. The summed E-state index contributed by atoms with van der Waals surface area (Å²) in [5, 5.41) is 3.25. The molecule has 0 aromatic heterocycles. The number of hydrogen-bond acceptors (Lipinski definition) is 4. The molecule has 0 aromatic carbocycles. The Bertz CT molecular complexity index is 335. The maximum Gasteiger partial charge on any atom is 0.220 e. The van der Waals surface area contributed by atoms with Crippen LogP contribution in [0, 0.1) is 5.41 Å². The van der Waals surface area contributed by atoms with Gasteiger partial charge in [-0.25, -0.2) is 0 Å².